The highest BCUT2D eigenvalue weighted by atomic mass is 16.5. The number of hydrogen-bond donors (Lipinski definition) is 1. The Balaban J connectivity index is 1.68. The molecule has 2 aromatic rings. The predicted molar refractivity (Wildman–Crippen MR) is 114 cm³/mol. The summed E-state index contributed by atoms with van der Waals surface area (Å²) >= 11 is 0. The largest absolute Gasteiger partial charge is 0.504 e. The van der Waals surface area contributed by atoms with E-state index in [-0.39, 0.29) is 5.75 Å². The third kappa shape index (κ3) is 4.60. The van der Waals surface area contributed by atoms with Crippen molar-refractivity contribution in [1.29, 1.82) is 0 Å². The summed E-state index contributed by atoms with van der Waals surface area (Å²) in [6.45, 7) is 10.9. The molecule has 1 N–H and O–H groups in total. The summed E-state index contributed by atoms with van der Waals surface area (Å²) in [5, 5.41) is 10.5. The number of aromatic hydroxyl groups is 1. The molecule has 1 heterocycles. The molecule has 1 saturated heterocycles. The van der Waals surface area contributed by atoms with Gasteiger partial charge in [0.25, 0.3) is 0 Å². The number of nitrogens with zero attached hydrogens (tertiary/aromatic N) is 2. The number of para-hydroxylation sites is 2. The summed E-state index contributed by atoms with van der Waals surface area (Å²) in [6, 6.07) is 12.1. The minimum atomic E-state index is 0.236. The van der Waals surface area contributed by atoms with Gasteiger partial charge in [0.05, 0.1) is 19.4 Å². The second kappa shape index (κ2) is 9.51. The van der Waals surface area contributed by atoms with Crippen LogP contribution in [0.15, 0.2) is 49.1 Å². The van der Waals surface area contributed by atoms with Crippen molar-refractivity contribution in [3.05, 3.63) is 60.2 Å². The topological polar surface area (TPSA) is 45.2 Å². The maximum Gasteiger partial charge on any atom is 0.162 e. The van der Waals surface area contributed by atoms with Gasteiger partial charge in [0, 0.05) is 38.3 Å². The van der Waals surface area contributed by atoms with Crippen molar-refractivity contribution in [2.24, 2.45) is 0 Å². The summed E-state index contributed by atoms with van der Waals surface area (Å²) in [5.41, 5.74) is 3.16. The molecule has 0 spiro atoms. The normalized spacial score (nSPS) is 14.7. The molecule has 1 aliphatic heterocycles. The van der Waals surface area contributed by atoms with Gasteiger partial charge in [-0.2, -0.15) is 0 Å². The lowest BCUT2D eigenvalue weighted by atomic mass is 10.0. The van der Waals surface area contributed by atoms with E-state index in [1.54, 1.807) is 7.11 Å². The molecule has 0 aromatic heterocycles. The fraction of sp³-hybridized carbons (Fsp3) is 0.391. The molecule has 150 valence electrons. The summed E-state index contributed by atoms with van der Waals surface area (Å²) in [5.74, 6) is 1.70. The summed E-state index contributed by atoms with van der Waals surface area (Å²) < 4.78 is 11.1. The fourth-order valence-electron chi connectivity index (χ4n) is 3.67. The van der Waals surface area contributed by atoms with Gasteiger partial charge in [-0.25, -0.2) is 0 Å². The third-order valence-electron chi connectivity index (χ3n) is 5.09. The molecule has 3 rings (SSSR count). The van der Waals surface area contributed by atoms with Crippen LogP contribution in [0.5, 0.6) is 17.2 Å². The number of anilines is 1. The van der Waals surface area contributed by atoms with Gasteiger partial charge in [-0.1, -0.05) is 24.3 Å². The first-order valence-electron chi connectivity index (χ1n) is 9.85. The highest BCUT2D eigenvalue weighted by Crippen LogP contribution is 2.33. The van der Waals surface area contributed by atoms with E-state index in [1.165, 1.54) is 0 Å². The van der Waals surface area contributed by atoms with Crippen molar-refractivity contribution in [2.75, 3.05) is 44.8 Å². The lowest BCUT2D eigenvalue weighted by Gasteiger charge is -2.36. The number of rotatable bonds is 8. The number of allylic oxidation sites excluding steroid dienone is 1. The summed E-state index contributed by atoms with van der Waals surface area (Å²) in [6.07, 6.45) is 2.62. The van der Waals surface area contributed by atoms with Crippen LogP contribution in [0.3, 0.4) is 0 Å². The number of piperazine rings is 1. The van der Waals surface area contributed by atoms with E-state index >= 15 is 0 Å². The first-order valence-corrected chi connectivity index (χ1v) is 9.85. The van der Waals surface area contributed by atoms with Gasteiger partial charge in [0.2, 0.25) is 0 Å². The smallest absolute Gasteiger partial charge is 0.162 e. The standard InChI is InChI=1S/C23H30N2O3/c1-4-8-18-15-19(23(26)22(16-18)27-3)17-24-11-13-25(14-12-24)20-9-6-7-10-21(20)28-5-2/h4,6-7,9-10,15-16,26H,1,5,8,11-14,17H2,2-3H3. The number of hydrogen-bond acceptors (Lipinski definition) is 5. The number of benzene rings is 2. The number of phenols is 1. The minimum absolute atomic E-state index is 0.236. The zero-order valence-electron chi connectivity index (χ0n) is 16.9. The molecule has 0 bridgehead atoms. The maximum atomic E-state index is 10.5. The molecular weight excluding hydrogens is 352 g/mol. The highest BCUT2D eigenvalue weighted by molar-refractivity contribution is 5.58. The van der Waals surface area contributed by atoms with Gasteiger partial charge < -0.3 is 19.5 Å². The Hall–Kier alpha value is -2.66. The quantitative estimate of drug-likeness (QED) is 0.703. The van der Waals surface area contributed by atoms with Crippen LogP contribution in [0, 0.1) is 0 Å². The van der Waals surface area contributed by atoms with Crippen molar-refractivity contribution >= 4 is 5.69 Å². The van der Waals surface area contributed by atoms with Gasteiger partial charge in [0.1, 0.15) is 5.75 Å². The SMILES string of the molecule is C=CCc1cc(CN2CCN(c3ccccc3OCC)CC2)c(O)c(OC)c1. The Labute approximate surface area is 167 Å². The monoisotopic (exact) mass is 382 g/mol. The zero-order chi connectivity index (χ0) is 19.9. The van der Waals surface area contributed by atoms with Crippen LogP contribution in [-0.4, -0.2) is 49.9 Å². The molecule has 5 heteroatoms. The number of phenolic OH excluding ortho intramolecular Hbond substituents is 1. The van der Waals surface area contributed by atoms with Crippen LogP contribution in [0.2, 0.25) is 0 Å². The first kappa shape index (κ1) is 20.1. The van der Waals surface area contributed by atoms with Crippen LogP contribution in [-0.2, 0) is 13.0 Å². The Bertz CT molecular complexity index is 798. The van der Waals surface area contributed by atoms with Crippen molar-refractivity contribution < 1.29 is 14.6 Å². The average molecular weight is 383 g/mol. The molecule has 0 radical (unpaired) electrons. The zero-order valence-corrected chi connectivity index (χ0v) is 16.9. The minimum Gasteiger partial charge on any atom is -0.504 e. The molecule has 2 aromatic carbocycles. The van der Waals surface area contributed by atoms with E-state index in [1.807, 2.05) is 31.2 Å². The van der Waals surface area contributed by atoms with E-state index in [0.29, 0.717) is 18.9 Å². The van der Waals surface area contributed by atoms with Crippen LogP contribution in [0.4, 0.5) is 5.69 Å². The van der Waals surface area contributed by atoms with E-state index in [9.17, 15) is 5.11 Å². The third-order valence-corrected chi connectivity index (χ3v) is 5.09. The van der Waals surface area contributed by atoms with Gasteiger partial charge in [-0.05, 0) is 37.1 Å². The summed E-state index contributed by atoms with van der Waals surface area (Å²) in [4.78, 5) is 4.74. The van der Waals surface area contributed by atoms with Gasteiger partial charge >= 0.3 is 0 Å². The van der Waals surface area contributed by atoms with Gasteiger partial charge in [-0.15, -0.1) is 6.58 Å². The fourth-order valence-corrected chi connectivity index (χ4v) is 3.67. The van der Waals surface area contributed by atoms with Crippen molar-refractivity contribution in [3.63, 3.8) is 0 Å². The van der Waals surface area contributed by atoms with Crippen LogP contribution in [0.25, 0.3) is 0 Å². The Morgan fingerprint density at radius 1 is 1.11 bits per heavy atom. The summed E-state index contributed by atoms with van der Waals surface area (Å²) in [7, 11) is 1.59. The van der Waals surface area contributed by atoms with Crippen LogP contribution >= 0.6 is 0 Å². The van der Waals surface area contributed by atoms with Crippen LogP contribution in [0.1, 0.15) is 18.1 Å². The van der Waals surface area contributed by atoms with Crippen molar-refractivity contribution in [2.45, 2.75) is 19.9 Å². The van der Waals surface area contributed by atoms with Gasteiger partial charge in [0.15, 0.2) is 11.5 Å². The van der Waals surface area contributed by atoms with E-state index in [0.717, 1.165) is 55.2 Å². The maximum absolute atomic E-state index is 10.5. The lowest BCUT2D eigenvalue weighted by Crippen LogP contribution is -2.46. The van der Waals surface area contributed by atoms with Crippen LogP contribution < -0.4 is 14.4 Å². The number of ether oxygens (including phenoxy) is 2. The van der Waals surface area contributed by atoms with E-state index < -0.39 is 0 Å². The lowest BCUT2D eigenvalue weighted by molar-refractivity contribution is 0.244. The molecule has 1 fully saturated rings. The molecule has 5 nitrogen and oxygen atoms in total. The Morgan fingerprint density at radius 2 is 1.86 bits per heavy atom. The Morgan fingerprint density at radius 3 is 2.54 bits per heavy atom. The molecule has 1 aliphatic rings. The van der Waals surface area contributed by atoms with Crippen molar-refractivity contribution in [1.82, 2.24) is 4.90 Å². The molecule has 28 heavy (non-hydrogen) atoms. The number of methoxy groups -OCH3 is 1. The Kier molecular flexibility index (Phi) is 6.82. The van der Waals surface area contributed by atoms with Crippen molar-refractivity contribution in [3.8, 4) is 17.2 Å². The molecule has 0 amide bonds. The molecule has 0 atom stereocenters. The predicted octanol–water partition coefficient (Wildman–Crippen LogP) is 3.85. The molecule has 0 saturated carbocycles. The first-order chi connectivity index (χ1) is 13.7. The van der Waals surface area contributed by atoms with Gasteiger partial charge in [-0.3, -0.25) is 4.90 Å². The molecule has 0 unspecified atom stereocenters. The molecular formula is C23H30N2O3. The highest BCUT2D eigenvalue weighted by Gasteiger charge is 2.21. The second-order valence-electron chi connectivity index (χ2n) is 6.96. The van der Waals surface area contributed by atoms with E-state index in [4.69, 9.17) is 9.47 Å². The molecule has 0 aliphatic carbocycles. The second-order valence-corrected chi connectivity index (χ2v) is 6.96. The van der Waals surface area contributed by atoms with E-state index in [2.05, 4.69) is 34.6 Å². The average Bonchev–Trinajstić information content (AvgIpc) is 2.72.